The monoisotopic (exact) mass is 560 g/mol. The summed E-state index contributed by atoms with van der Waals surface area (Å²) in [7, 11) is -4.03. The SMILES string of the molecule is CC1=CCC(C)=C1S(=O)(=O)NC(=O)c1cccc(Cc2cc(Cl)ccc2OCc2ccc(Cl)cc2F)n1. The lowest BCUT2D eigenvalue weighted by Gasteiger charge is -2.13. The molecule has 1 heterocycles. The highest BCUT2D eigenvalue weighted by Gasteiger charge is 2.27. The molecule has 0 aliphatic heterocycles. The summed E-state index contributed by atoms with van der Waals surface area (Å²) < 4.78 is 47.7. The minimum atomic E-state index is -4.03. The van der Waals surface area contributed by atoms with E-state index in [4.69, 9.17) is 27.9 Å². The third-order valence-corrected chi connectivity index (χ3v) is 7.92. The van der Waals surface area contributed by atoms with Crippen molar-refractivity contribution in [2.45, 2.75) is 33.3 Å². The zero-order valence-corrected chi connectivity index (χ0v) is 22.3. The van der Waals surface area contributed by atoms with Gasteiger partial charge in [0.05, 0.1) is 4.91 Å². The number of carbonyl (C=O) groups excluding carboxylic acids is 1. The summed E-state index contributed by atoms with van der Waals surface area (Å²) in [6.45, 7) is 3.38. The molecule has 0 fully saturated rings. The third kappa shape index (κ3) is 6.39. The smallest absolute Gasteiger partial charge is 0.283 e. The largest absolute Gasteiger partial charge is 0.489 e. The molecule has 192 valence electrons. The average Bonchev–Trinajstić information content (AvgIpc) is 3.18. The number of halogens is 3. The maximum Gasteiger partial charge on any atom is 0.283 e. The van der Waals surface area contributed by atoms with Gasteiger partial charge in [0.1, 0.15) is 23.9 Å². The molecule has 6 nitrogen and oxygen atoms in total. The van der Waals surface area contributed by atoms with E-state index in [1.54, 1.807) is 62.4 Å². The van der Waals surface area contributed by atoms with Gasteiger partial charge in [-0.1, -0.05) is 41.4 Å². The van der Waals surface area contributed by atoms with Crippen LogP contribution < -0.4 is 9.46 Å². The highest BCUT2D eigenvalue weighted by atomic mass is 35.5. The fourth-order valence-corrected chi connectivity index (χ4v) is 5.87. The molecule has 1 N–H and O–H groups in total. The number of hydrogen-bond acceptors (Lipinski definition) is 5. The average molecular weight is 561 g/mol. The number of benzene rings is 2. The maximum atomic E-state index is 14.2. The van der Waals surface area contributed by atoms with Crippen molar-refractivity contribution in [3.8, 4) is 5.75 Å². The highest BCUT2D eigenvalue weighted by molar-refractivity contribution is 7.94. The first-order valence-electron chi connectivity index (χ1n) is 11.3. The number of hydrogen-bond donors (Lipinski definition) is 1. The van der Waals surface area contributed by atoms with Gasteiger partial charge in [-0.15, -0.1) is 0 Å². The van der Waals surface area contributed by atoms with Crippen molar-refractivity contribution < 1.29 is 22.3 Å². The van der Waals surface area contributed by atoms with Crippen molar-refractivity contribution >= 4 is 39.1 Å². The van der Waals surface area contributed by atoms with Crippen molar-refractivity contribution in [2.75, 3.05) is 0 Å². The van der Waals surface area contributed by atoms with Crippen LogP contribution in [0, 0.1) is 5.82 Å². The van der Waals surface area contributed by atoms with Gasteiger partial charge in [-0.05, 0) is 73.9 Å². The number of aromatic nitrogens is 1. The van der Waals surface area contributed by atoms with Crippen molar-refractivity contribution in [1.29, 1.82) is 0 Å². The van der Waals surface area contributed by atoms with E-state index in [2.05, 4.69) is 9.71 Å². The van der Waals surface area contributed by atoms with Crippen LogP contribution in [0.3, 0.4) is 0 Å². The number of rotatable bonds is 8. The quantitative estimate of drug-likeness (QED) is 0.345. The van der Waals surface area contributed by atoms with Crippen molar-refractivity contribution in [3.63, 3.8) is 0 Å². The Labute approximate surface area is 224 Å². The minimum absolute atomic E-state index is 0.0332. The van der Waals surface area contributed by atoms with Crippen LogP contribution in [0.25, 0.3) is 0 Å². The van der Waals surface area contributed by atoms with E-state index in [1.165, 1.54) is 12.1 Å². The second kappa shape index (κ2) is 11.0. The van der Waals surface area contributed by atoms with E-state index >= 15 is 0 Å². The van der Waals surface area contributed by atoms with Gasteiger partial charge in [0, 0.05) is 33.3 Å². The van der Waals surface area contributed by atoms with Crippen LogP contribution in [0.15, 0.2) is 76.7 Å². The van der Waals surface area contributed by atoms with Gasteiger partial charge in [0.25, 0.3) is 15.9 Å². The van der Waals surface area contributed by atoms with Gasteiger partial charge < -0.3 is 4.74 Å². The summed E-state index contributed by atoms with van der Waals surface area (Å²) in [4.78, 5) is 17.3. The van der Waals surface area contributed by atoms with Crippen molar-refractivity contribution in [3.05, 3.63) is 115 Å². The zero-order chi connectivity index (χ0) is 26.7. The number of ether oxygens (including phenoxy) is 1. The molecule has 1 aliphatic carbocycles. The molecular formula is C27H23Cl2FN2O4S. The molecule has 2 aromatic carbocycles. The molecule has 0 saturated heterocycles. The van der Waals surface area contributed by atoms with E-state index in [0.717, 1.165) is 0 Å². The number of sulfonamides is 1. The Morgan fingerprint density at radius 2 is 1.78 bits per heavy atom. The van der Waals surface area contributed by atoms with Gasteiger partial charge in [0.15, 0.2) is 0 Å². The topological polar surface area (TPSA) is 85.4 Å². The number of amides is 1. The summed E-state index contributed by atoms with van der Waals surface area (Å²) in [5.74, 6) is -0.848. The second-order valence-electron chi connectivity index (χ2n) is 8.60. The van der Waals surface area contributed by atoms with Crippen LogP contribution in [-0.4, -0.2) is 19.3 Å². The van der Waals surface area contributed by atoms with E-state index in [1.807, 2.05) is 0 Å². The summed E-state index contributed by atoms with van der Waals surface area (Å²) in [6.07, 6.45) is 2.57. The van der Waals surface area contributed by atoms with Gasteiger partial charge in [-0.25, -0.2) is 22.5 Å². The zero-order valence-electron chi connectivity index (χ0n) is 20.0. The Balaban J connectivity index is 1.52. The molecule has 3 aromatic rings. The molecule has 1 aliphatic rings. The van der Waals surface area contributed by atoms with Gasteiger partial charge in [-0.3, -0.25) is 4.79 Å². The fraction of sp³-hybridized carbons (Fsp3) is 0.185. The lowest BCUT2D eigenvalue weighted by Crippen LogP contribution is -2.32. The Bertz CT molecular complexity index is 1550. The fourth-order valence-electron chi connectivity index (χ4n) is 4.02. The molecule has 10 heteroatoms. The first-order chi connectivity index (χ1) is 17.5. The normalized spacial score (nSPS) is 13.5. The Kier molecular flexibility index (Phi) is 8.02. The Morgan fingerprint density at radius 3 is 2.49 bits per heavy atom. The molecular weight excluding hydrogens is 538 g/mol. The lowest BCUT2D eigenvalue weighted by atomic mass is 10.1. The Hall–Kier alpha value is -3.20. The molecule has 37 heavy (non-hydrogen) atoms. The number of nitrogens with zero attached hydrogens (tertiary/aromatic N) is 1. The predicted molar refractivity (Wildman–Crippen MR) is 142 cm³/mol. The standard InChI is InChI=1S/C27H23Cl2FN2O4S/c1-16-6-7-17(2)26(16)37(34,35)32-27(33)24-5-3-4-22(31-24)13-19-12-20(28)10-11-25(19)36-15-18-8-9-21(29)14-23(18)30/h3-6,8-12,14H,7,13,15H2,1-2H3,(H,32,33). The summed E-state index contributed by atoms with van der Waals surface area (Å²) in [5, 5.41) is 0.751. The number of carbonyl (C=O) groups is 1. The summed E-state index contributed by atoms with van der Waals surface area (Å²) >= 11 is 12.0. The van der Waals surface area contributed by atoms with Gasteiger partial charge in [0.2, 0.25) is 0 Å². The van der Waals surface area contributed by atoms with Gasteiger partial charge >= 0.3 is 0 Å². The molecule has 1 amide bonds. The maximum absolute atomic E-state index is 14.2. The van der Waals surface area contributed by atoms with E-state index in [-0.39, 0.29) is 28.6 Å². The van der Waals surface area contributed by atoms with Crippen LogP contribution in [0.5, 0.6) is 5.75 Å². The van der Waals surface area contributed by atoms with Gasteiger partial charge in [-0.2, -0.15) is 0 Å². The van der Waals surface area contributed by atoms with E-state index in [9.17, 15) is 17.6 Å². The first kappa shape index (κ1) is 26.9. The third-order valence-electron chi connectivity index (χ3n) is 5.79. The van der Waals surface area contributed by atoms with Crippen molar-refractivity contribution in [2.24, 2.45) is 0 Å². The lowest BCUT2D eigenvalue weighted by molar-refractivity contribution is 0.0976. The molecule has 0 spiro atoms. The van der Waals surface area contributed by atoms with Crippen LogP contribution in [0.4, 0.5) is 4.39 Å². The highest BCUT2D eigenvalue weighted by Crippen LogP contribution is 2.30. The predicted octanol–water partition coefficient (Wildman–Crippen LogP) is 6.38. The summed E-state index contributed by atoms with van der Waals surface area (Å²) in [6, 6.07) is 14.1. The van der Waals surface area contributed by atoms with Crippen LogP contribution in [0.1, 0.15) is 47.6 Å². The molecule has 0 saturated carbocycles. The number of allylic oxidation sites excluding steroid dienone is 3. The van der Waals surface area contributed by atoms with Crippen LogP contribution in [-0.2, 0) is 23.1 Å². The van der Waals surface area contributed by atoms with Crippen LogP contribution >= 0.6 is 23.2 Å². The van der Waals surface area contributed by atoms with Crippen molar-refractivity contribution in [1.82, 2.24) is 9.71 Å². The van der Waals surface area contributed by atoms with E-state index < -0.39 is 21.7 Å². The minimum Gasteiger partial charge on any atom is -0.489 e. The molecule has 1 aromatic heterocycles. The van der Waals surface area contributed by atoms with E-state index in [0.29, 0.717) is 45.2 Å². The second-order valence-corrected chi connectivity index (χ2v) is 11.1. The molecule has 0 bridgehead atoms. The number of nitrogens with one attached hydrogen (secondary N) is 1. The molecule has 0 atom stereocenters. The van der Waals surface area contributed by atoms with Crippen LogP contribution in [0.2, 0.25) is 10.0 Å². The molecule has 0 unspecified atom stereocenters. The summed E-state index contributed by atoms with van der Waals surface area (Å²) in [5.41, 5.74) is 2.71. The molecule has 4 rings (SSSR count). The Morgan fingerprint density at radius 1 is 1.05 bits per heavy atom. The first-order valence-corrected chi connectivity index (χ1v) is 13.5. The molecule has 0 radical (unpaired) electrons. The number of pyridine rings is 1.